The number of halogens is 1. The van der Waals surface area contributed by atoms with Crippen molar-refractivity contribution >= 4 is 22.5 Å². The molecule has 2 N–H and O–H groups in total. The highest BCUT2D eigenvalue weighted by Crippen LogP contribution is 2.30. The van der Waals surface area contributed by atoms with Crippen molar-refractivity contribution in [3.63, 3.8) is 0 Å². The summed E-state index contributed by atoms with van der Waals surface area (Å²) in [6.45, 7) is 0.520. The van der Waals surface area contributed by atoms with Crippen LogP contribution < -0.4 is 5.73 Å². The SMILES string of the molecule is Cn1cc(-c2cc(CN)ccn2)c2ccc(Cl)cc21. The zero-order valence-electron chi connectivity index (χ0n) is 10.6. The van der Waals surface area contributed by atoms with Crippen LogP contribution in [0.25, 0.3) is 22.2 Å². The van der Waals surface area contributed by atoms with Gasteiger partial charge in [-0.3, -0.25) is 4.98 Å². The van der Waals surface area contributed by atoms with E-state index in [1.807, 2.05) is 37.4 Å². The third-order valence-corrected chi connectivity index (χ3v) is 3.52. The Labute approximate surface area is 116 Å². The number of hydrogen-bond donors (Lipinski definition) is 1. The van der Waals surface area contributed by atoms with E-state index >= 15 is 0 Å². The average Bonchev–Trinajstić information content (AvgIpc) is 2.76. The Balaban J connectivity index is 2.25. The lowest BCUT2D eigenvalue weighted by Crippen LogP contribution is -1.96. The molecule has 0 amide bonds. The van der Waals surface area contributed by atoms with Crippen molar-refractivity contribution in [2.75, 3.05) is 0 Å². The van der Waals surface area contributed by atoms with Gasteiger partial charge in [-0.15, -0.1) is 0 Å². The molecule has 0 radical (unpaired) electrons. The Hall–Kier alpha value is -1.84. The molecule has 0 fully saturated rings. The van der Waals surface area contributed by atoms with Gasteiger partial charge in [-0.05, 0) is 29.8 Å². The molecular weight excluding hydrogens is 258 g/mol. The topological polar surface area (TPSA) is 43.8 Å². The fourth-order valence-corrected chi connectivity index (χ4v) is 2.48. The molecule has 3 rings (SSSR count). The van der Waals surface area contributed by atoms with E-state index in [0.29, 0.717) is 6.54 Å². The van der Waals surface area contributed by atoms with Crippen molar-refractivity contribution in [2.24, 2.45) is 12.8 Å². The number of nitrogens with zero attached hydrogens (tertiary/aromatic N) is 2. The molecule has 96 valence electrons. The number of fused-ring (bicyclic) bond motifs is 1. The molecule has 0 aliphatic carbocycles. The summed E-state index contributed by atoms with van der Waals surface area (Å²) in [5.41, 5.74) is 9.91. The Kier molecular flexibility index (Phi) is 3.01. The van der Waals surface area contributed by atoms with E-state index in [9.17, 15) is 0 Å². The summed E-state index contributed by atoms with van der Waals surface area (Å²) in [7, 11) is 2.01. The maximum atomic E-state index is 6.05. The van der Waals surface area contributed by atoms with E-state index in [1.54, 1.807) is 6.20 Å². The van der Waals surface area contributed by atoms with Crippen LogP contribution in [0.4, 0.5) is 0 Å². The normalized spacial score (nSPS) is 11.1. The second-order valence-corrected chi connectivity index (χ2v) is 5.01. The molecule has 3 nitrogen and oxygen atoms in total. The first-order valence-electron chi connectivity index (χ1n) is 6.09. The molecule has 0 aliphatic heterocycles. The van der Waals surface area contributed by atoms with Crippen LogP contribution >= 0.6 is 11.6 Å². The van der Waals surface area contributed by atoms with Crippen LogP contribution in [0.1, 0.15) is 5.56 Å². The van der Waals surface area contributed by atoms with Gasteiger partial charge >= 0.3 is 0 Å². The number of aromatic nitrogens is 2. The Morgan fingerprint density at radius 2 is 2.11 bits per heavy atom. The number of hydrogen-bond acceptors (Lipinski definition) is 2. The van der Waals surface area contributed by atoms with Crippen LogP contribution in [-0.2, 0) is 13.6 Å². The maximum Gasteiger partial charge on any atom is 0.0726 e. The van der Waals surface area contributed by atoms with E-state index in [0.717, 1.165) is 32.7 Å². The van der Waals surface area contributed by atoms with Crippen LogP contribution in [0.3, 0.4) is 0 Å². The van der Waals surface area contributed by atoms with Gasteiger partial charge in [-0.1, -0.05) is 17.7 Å². The van der Waals surface area contributed by atoms with Crippen LogP contribution in [0.5, 0.6) is 0 Å². The minimum absolute atomic E-state index is 0.520. The first-order chi connectivity index (χ1) is 9.19. The number of nitrogens with two attached hydrogens (primary N) is 1. The van der Waals surface area contributed by atoms with Gasteiger partial charge in [-0.25, -0.2) is 0 Å². The molecule has 0 saturated carbocycles. The van der Waals surface area contributed by atoms with E-state index in [1.165, 1.54) is 0 Å². The number of pyridine rings is 1. The molecule has 2 heterocycles. The van der Waals surface area contributed by atoms with Crippen LogP contribution in [0.15, 0.2) is 42.7 Å². The summed E-state index contributed by atoms with van der Waals surface area (Å²) in [6.07, 6.45) is 3.87. The summed E-state index contributed by atoms with van der Waals surface area (Å²) in [5, 5.41) is 1.89. The summed E-state index contributed by atoms with van der Waals surface area (Å²) < 4.78 is 2.06. The van der Waals surface area contributed by atoms with Gasteiger partial charge in [0, 0.05) is 47.5 Å². The molecule has 0 saturated heterocycles. The molecule has 3 aromatic rings. The summed E-state index contributed by atoms with van der Waals surface area (Å²) >= 11 is 6.05. The van der Waals surface area contributed by atoms with Gasteiger partial charge in [-0.2, -0.15) is 0 Å². The highest BCUT2D eigenvalue weighted by molar-refractivity contribution is 6.31. The smallest absolute Gasteiger partial charge is 0.0726 e. The van der Waals surface area contributed by atoms with Crippen molar-refractivity contribution in [3.05, 3.63) is 53.3 Å². The minimum atomic E-state index is 0.520. The van der Waals surface area contributed by atoms with Crippen LogP contribution in [0.2, 0.25) is 5.02 Å². The van der Waals surface area contributed by atoms with Crippen LogP contribution in [0, 0.1) is 0 Å². The van der Waals surface area contributed by atoms with E-state index in [4.69, 9.17) is 17.3 Å². The van der Waals surface area contributed by atoms with Gasteiger partial charge in [0.1, 0.15) is 0 Å². The van der Waals surface area contributed by atoms with Crippen molar-refractivity contribution in [3.8, 4) is 11.3 Å². The lowest BCUT2D eigenvalue weighted by Gasteiger charge is -2.01. The zero-order valence-corrected chi connectivity index (χ0v) is 11.4. The molecule has 19 heavy (non-hydrogen) atoms. The number of rotatable bonds is 2. The molecule has 0 aliphatic rings. The molecule has 0 spiro atoms. The summed E-state index contributed by atoms with van der Waals surface area (Å²) in [6, 6.07) is 9.87. The molecule has 0 bridgehead atoms. The minimum Gasteiger partial charge on any atom is -0.350 e. The summed E-state index contributed by atoms with van der Waals surface area (Å²) in [5.74, 6) is 0. The van der Waals surface area contributed by atoms with E-state index < -0.39 is 0 Å². The fourth-order valence-electron chi connectivity index (χ4n) is 2.31. The Bertz CT molecular complexity index is 746. The van der Waals surface area contributed by atoms with Gasteiger partial charge in [0.05, 0.1) is 5.69 Å². The molecule has 0 atom stereocenters. The molecule has 4 heteroatoms. The lowest BCUT2D eigenvalue weighted by molar-refractivity contribution is 0.969. The number of benzene rings is 1. The lowest BCUT2D eigenvalue weighted by atomic mass is 10.1. The zero-order chi connectivity index (χ0) is 13.4. The largest absolute Gasteiger partial charge is 0.350 e. The first-order valence-corrected chi connectivity index (χ1v) is 6.47. The monoisotopic (exact) mass is 271 g/mol. The highest BCUT2D eigenvalue weighted by atomic mass is 35.5. The maximum absolute atomic E-state index is 6.05. The molecular formula is C15H14ClN3. The average molecular weight is 272 g/mol. The van der Waals surface area contributed by atoms with Crippen molar-refractivity contribution in [2.45, 2.75) is 6.54 Å². The predicted molar refractivity (Wildman–Crippen MR) is 79.1 cm³/mol. The Morgan fingerprint density at radius 3 is 2.89 bits per heavy atom. The summed E-state index contributed by atoms with van der Waals surface area (Å²) in [4.78, 5) is 4.44. The third kappa shape index (κ3) is 2.11. The van der Waals surface area contributed by atoms with Gasteiger partial charge in [0.2, 0.25) is 0 Å². The highest BCUT2D eigenvalue weighted by Gasteiger charge is 2.10. The van der Waals surface area contributed by atoms with Crippen LogP contribution in [-0.4, -0.2) is 9.55 Å². The first kappa shape index (κ1) is 12.2. The Morgan fingerprint density at radius 1 is 1.26 bits per heavy atom. The predicted octanol–water partition coefficient (Wildman–Crippen LogP) is 3.35. The van der Waals surface area contributed by atoms with Gasteiger partial charge < -0.3 is 10.3 Å². The third-order valence-electron chi connectivity index (χ3n) is 3.29. The van der Waals surface area contributed by atoms with Crippen molar-refractivity contribution < 1.29 is 0 Å². The van der Waals surface area contributed by atoms with Crippen molar-refractivity contribution in [1.82, 2.24) is 9.55 Å². The van der Waals surface area contributed by atoms with E-state index in [-0.39, 0.29) is 0 Å². The standard InChI is InChI=1S/C15H14ClN3/c1-19-9-13(12-3-2-11(16)7-15(12)19)14-6-10(8-17)4-5-18-14/h2-7,9H,8,17H2,1H3. The molecule has 2 aromatic heterocycles. The van der Waals surface area contributed by atoms with Crippen molar-refractivity contribution in [1.29, 1.82) is 0 Å². The second kappa shape index (κ2) is 4.68. The molecule has 0 unspecified atom stereocenters. The molecule has 1 aromatic carbocycles. The quantitative estimate of drug-likeness (QED) is 0.777. The van der Waals surface area contributed by atoms with Gasteiger partial charge in [0.15, 0.2) is 0 Å². The van der Waals surface area contributed by atoms with Gasteiger partial charge in [0.25, 0.3) is 0 Å². The number of aryl methyl sites for hydroxylation is 1. The fraction of sp³-hybridized carbons (Fsp3) is 0.133. The second-order valence-electron chi connectivity index (χ2n) is 4.57. The van der Waals surface area contributed by atoms with E-state index in [2.05, 4.69) is 15.7 Å².